The van der Waals surface area contributed by atoms with Crippen LogP contribution < -0.4 is 5.32 Å². The minimum Gasteiger partial charge on any atom is -0.361 e. The maximum absolute atomic E-state index is 13.6. The monoisotopic (exact) mass is 237 g/mol. The molecule has 2 aromatic heterocycles. The molecule has 0 fully saturated rings. The van der Waals surface area contributed by atoms with Gasteiger partial charge in [0, 0.05) is 0 Å². The van der Waals surface area contributed by atoms with E-state index >= 15 is 0 Å². The van der Waals surface area contributed by atoms with Gasteiger partial charge >= 0.3 is 0 Å². The van der Waals surface area contributed by atoms with Crippen molar-refractivity contribution in [3.8, 4) is 0 Å². The van der Waals surface area contributed by atoms with Gasteiger partial charge in [0.2, 0.25) is 0 Å². The minimum absolute atomic E-state index is 0.0371. The van der Waals surface area contributed by atoms with Crippen molar-refractivity contribution in [2.45, 2.75) is 19.9 Å². The number of aromatic nitrogens is 2. The van der Waals surface area contributed by atoms with Crippen molar-refractivity contribution in [1.82, 2.24) is 9.97 Å². The first-order valence-electron chi connectivity index (χ1n) is 4.94. The first kappa shape index (κ1) is 11.0. The lowest BCUT2D eigenvalue weighted by atomic mass is 10.2. The second-order valence-corrected chi connectivity index (χ2v) is 4.32. The summed E-state index contributed by atoms with van der Waals surface area (Å²) in [5.74, 6) is -0.129. The minimum atomic E-state index is -0.385. The Labute approximate surface area is 97.4 Å². The summed E-state index contributed by atoms with van der Waals surface area (Å²) in [4.78, 5) is 7.68. The van der Waals surface area contributed by atoms with Crippen LogP contribution >= 0.6 is 11.3 Å². The van der Waals surface area contributed by atoms with Gasteiger partial charge in [-0.3, -0.25) is 0 Å². The Morgan fingerprint density at radius 1 is 1.44 bits per heavy atom. The first-order chi connectivity index (χ1) is 7.68. The second kappa shape index (κ2) is 4.57. The van der Waals surface area contributed by atoms with Crippen molar-refractivity contribution in [1.29, 1.82) is 0 Å². The molecule has 0 aliphatic rings. The van der Waals surface area contributed by atoms with E-state index in [1.54, 1.807) is 18.3 Å². The van der Waals surface area contributed by atoms with E-state index in [-0.39, 0.29) is 17.7 Å². The van der Waals surface area contributed by atoms with Gasteiger partial charge in [0.1, 0.15) is 6.33 Å². The molecule has 2 heterocycles. The lowest BCUT2D eigenvalue weighted by molar-refractivity contribution is 0.602. The first-order valence-corrected chi connectivity index (χ1v) is 5.88. The molecule has 0 aliphatic carbocycles. The van der Waals surface area contributed by atoms with Gasteiger partial charge in [-0.05, 0) is 36.2 Å². The zero-order chi connectivity index (χ0) is 11.5. The lowest BCUT2D eigenvalue weighted by Crippen LogP contribution is -2.09. The quantitative estimate of drug-likeness (QED) is 0.891. The van der Waals surface area contributed by atoms with Crippen LogP contribution in [0.3, 0.4) is 0 Å². The van der Waals surface area contributed by atoms with Crippen molar-refractivity contribution >= 4 is 17.2 Å². The predicted octanol–water partition coefficient (Wildman–Crippen LogP) is 3.16. The van der Waals surface area contributed by atoms with Crippen LogP contribution in [-0.2, 0) is 0 Å². The van der Waals surface area contributed by atoms with Crippen LogP contribution in [0.4, 0.5) is 10.2 Å². The number of aryl methyl sites for hydroxylation is 1. The number of thiophene rings is 1. The fourth-order valence-electron chi connectivity index (χ4n) is 1.37. The molecule has 1 N–H and O–H groups in total. The Hall–Kier alpha value is -1.49. The van der Waals surface area contributed by atoms with Crippen LogP contribution in [0.1, 0.15) is 24.2 Å². The maximum atomic E-state index is 13.6. The molecule has 0 bridgehead atoms. The molecule has 84 valence electrons. The summed E-state index contributed by atoms with van der Waals surface area (Å²) in [5.41, 5.74) is 1.48. The molecule has 0 amide bonds. The van der Waals surface area contributed by atoms with E-state index in [9.17, 15) is 4.39 Å². The van der Waals surface area contributed by atoms with Crippen LogP contribution in [0.5, 0.6) is 0 Å². The topological polar surface area (TPSA) is 37.8 Å². The van der Waals surface area contributed by atoms with E-state index in [0.717, 1.165) is 5.56 Å². The Bertz CT molecular complexity index is 470. The summed E-state index contributed by atoms with van der Waals surface area (Å²) < 4.78 is 13.6. The fourth-order valence-corrected chi connectivity index (χ4v) is 2.12. The molecule has 0 aromatic carbocycles. The van der Waals surface area contributed by atoms with Gasteiger partial charge < -0.3 is 5.32 Å². The number of halogens is 1. The van der Waals surface area contributed by atoms with Crippen LogP contribution in [0.2, 0.25) is 0 Å². The van der Waals surface area contributed by atoms with Gasteiger partial charge in [-0.25, -0.2) is 14.4 Å². The van der Waals surface area contributed by atoms with Crippen LogP contribution in [0.15, 0.2) is 23.2 Å². The van der Waals surface area contributed by atoms with Gasteiger partial charge in [0.05, 0.1) is 11.7 Å². The van der Waals surface area contributed by atoms with E-state index in [4.69, 9.17) is 0 Å². The van der Waals surface area contributed by atoms with E-state index in [1.807, 2.05) is 23.8 Å². The maximum Gasteiger partial charge on any atom is 0.186 e. The molecular formula is C11H12FN3S. The summed E-state index contributed by atoms with van der Waals surface area (Å²) in [5, 5.41) is 7.06. The smallest absolute Gasteiger partial charge is 0.186 e. The van der Waals surface area contributed by atoms with Crippen molar-refractivity contribution in [2.24, 2.45) is 0 Å². The molecule has 0 saturated heterocycles. The van der Waals surface area contributed by atoms with Crippen LogP contribution in [0, 0.1) is 12.7 Å². The van der Waals surface area contributed by atoms with Gasteiger partial charge in [-0.2, -0.15) is 11.3 Å². The molecule has 0 spiro atoms. The molecule has 3 nitrogen and oxygen atoms in total. The van der Waals surface area contributed by atoms with E-state index in [0.29, 0.717) is 5.69 Å². The molecule has 16 heavy (non-hydrogen) atoms. The highest BCUT2D eigenvalue weighted by molar-refractivity contribution is 7.07. The highest BCUT2D eigenvalue weighted by Crippen LogP contribution is 2.21. The van der Waals surface area contributed by atoms with Gasteiger partial charge in [0.15, 0.2) is 11.6 Å². The fraction of sp³-hybridized carbons (Fsp3) is 0.273. The van der Waals surface area contributed by atoms with E-state index < -0.39 is 0 Å². The zero-order valence-electron chi connectivity index (χ0n) is 9.07. The summed E-state index contributed by atoms with van der Waals surface area (Å²) in [6, 6.07) is 2.05. The summed E-state index contributed by atoms with van der Waals surface area (Å²) >= 11 is 1.62. The molecule has 5 heteroatoms. The van der Waals surface area contributed by atoms with Crippen molar-refractivity contribution < 1.29 is 4.39 Å². The van der Waals surface area contributed by atoms with E-state index in [1.165, 1.54) is 6.33 Å². The normalized spacial score (nSPS) is 12.4. The van der Waals surface area contributed by atoms with Crippen molar-refractivity contribution in [3.63, 3.8) is 0 Å². The number of anilines is 1. The third kappa shape index (κ3) is 2.19. The Balaban J connectivity index is 2.18. The van der Waals surface area contributed by atoms with Gasteiger partial charge in [-0.15, -0.1) is 0 Å². The highest BCUT2D eigenvalue weighted by atomic mass is 32.1. The molecule has 2 rings (SSSR count). The average Bonchev–Trinajstić information content (AvgIpc) is 2.78. The Morgan fingerprint density at radius 3 is 2.94 bits per heavy atom. The largest absolute Gasteiger partial charge is 0.361 e. The number of hydrogen-bond donors (Lipinski definition) is 1. The number of nitrogens with zero attached hydrogens (tertiary/aromatic N) is 2. The van der Waals surface area contributed by atoms with Crippen LogP contribution in [0.25, 0.3) is 0 Å². The zero-order valence-corrected chi connectivity index (χ0v) is 9.88. The SMILES string of the molecule is Cc1ncnc(NC(C)c2ccsc2)c1F. The molecule has 1 atom stereocenters. The summed E-state index contributed by atoms with van der Waals surface area (Å²) in [7, 11) is 0. The van der Waals surface area contributed by atoms with Crippen molar-refractivity contribution in [3.05, 3.63) is 40.2 Å². The number of hydrogen-bond acceptors (Lipinski definition) is 4. The second-order valence-electron chi connectivity index (χ2n) is 3.54. The standard InChI is InChI=1S/C11H12FN3S/c1-7(9-3-4-16-5-9)15-11-10(12)8(2)13-6-14-11/h3-7H,1-2H3,(H,13,14,15). The highest BCUT2D eigenvalue weighted by Gasteiger charge is 2.11. The molecule has 2 aromatic rings. The van der Waals surface area contributed by atoms with Gasteiger partial charge in [0.25, 0.3) is 0 Å². The predicted molar refractivity (Wildman–Crippen MR) is 63.1 cm³/mol. The number of nitrogens with one attached hydrogen (secondary N) is 1. The lowest BCUT2D eigenvalue weighted by Gasteiger charge is -2.13. The molecule has 0 aliphatic heterocycles. The van der Waals surface area contributed by atoms with E-state index in [2.05, 4.69) is 15.3 Å². The molecule has 1 unspecified atom stereocenters. The average molecular weight is 237 g/mol. The van der Waals surface area contributed by atoms with Crippen molar-refractivity contribution in [2.75, 3.05) is 5.32 Å². The van der Waals surface area contributed by atoms with Gasteiger partial charge in [-0.1, -0.05) is 0 Å². The number of rotatable bonds is 3. The Kier molecular flexibility index (Phi) is 3.14. The summed E-state index contributed by atoms with van der Waals surface area (Å²) in [6.45, 7) is 3.59. The molecule has 0 radical (unpaired) electrons. The third-order valence-corrected chi connectivity index (χ3v) is 3.06. The molecular weight excluding hydrogens is 225 g/mol. The third-order valence-electron chi connectivity index (χ3n) is 2.36. The molecule has 0 saturated carbocycles. The summed E-state index contributed by atoms with van der Waals surface area (Å²) in [6.07, 6.45) is 1.36. The Morgan fingerprint density at radius 2 is 2.25 bits per heavy atom. The van der Waals surface area contributed by atoms with Crippen LogP contribution in [-0.4, -0.2) is 9.97 Å².